The van der Waals surface area contributed by atoms with Gasteiger partial charge in [-0.3, -0.25) is 0 Å². The average Bonchev–Trinajstić information content (AvgIpc) is 2.16. The van der Waals surface area contributed by atoms with Crippen molar-refractivity contribution in [3.8, 4) is 0 Å². The molecule has 0 radical (unpaired) electrons. The van der Waals surface area contributed by atoms with Crippen LogP contribution in [0.2, 0.25) is 0 Å². The molecular formula is C12H26O. The van der Waals surface area contributed by atoms with Crippen LogP contribution >= 0.6 is 0 Å². The first-order valence-electron chi connectivity index (χ1n) is 5.99. The standard InChI is InChI=1S/C12H26O/c1-3-5-6-7-8-9-10-11-12(13)4-2/h12-13H,3-11H2,1-2H3/t12-/m0/s1. The molecule has 1 N–H and O–H groups in total. The highest BCUT2D eigenvalue weighted by molar-refractivity contribution is 4.53. The minimum Gasteiger partial charge on any atom is -0.393 e. The third-order valence-corrected chi connectivity index (χ3v) is 2.61. The maximum Gasteiger partial charge on any atom is 0.0537 e. The summed E-state index contributed by atoms with van der Waals surface area (Å²) >= 11 is 0. The molecule has 0 aromatic rings. The van der Waals surface area contributed by atoms with Gasteiger partial charge in [-0.05, 0) is 12.8 Å². The summed E-state index contributed by atoms with van der Waals surface area (Å²) in [7, 11) is 0. The smallest absolute Gasteiger partial charge is 0.0537 e. The monoisotopic (exact) mass is 186 g/mol. The first kappa shape index (κ1) is 13.0. The first-order valence-corrected chi connectivity index (χ1v) is 5.99. The van der Waals surface area contributed by atoms with Gasteiger partial charge in [-0.2, -0.15) is 0 Å². The Morgan fingerprint density at radius 2 is 1.38 bits per heavy atom. The van der Waals surface area contributed by atoms with Crippen LogP contribution in [0, 0.1) is 0 Å². The Labute approximate surface area is 83.5 Å². The molecule has 0 saturated heterocycles. The molecule has 1 nitrogen and oxygen atoms in total. The van der Waals surface area contributed by atoms with Crippen molar-refractivity contribution in [3.63, 3.8) is 0 Å². The lowest BCUT2D eigenvalue weighted by Gasteiger charge is -2.06. The highest BCUT2D eigenvalue weighted by Crippen LogP contribution is 2.10. The Morgan fingerprint density at radius 1 is 0.846 bits per heavy atom. The van der Waals surface area contributed by atoms with Crippen molar-refractivity contribution in [1.29, 1.82) is 0 Å². The second-order valence-corrected chi connectivity index (χ2v) is 3.97. The Morgan fingerprint density at radius 3 is 1.92 bits per heavy atom. The zero-order valence-electron chi connectivity index (χ0n) is 9.39. The predicted molar refractivity (Wildman–Crippen MR) is 58.9 cm³/mol. The van der Waals surface area contributed by atoms with Crippen LogP contribution in [0.3, 0.4) is 0 Å². The number of hydrogen-bond acceptors (Lipinski definition) is 1. The van der Waals surface area contributed by atoms with E-state index in [1.54, 1.807) is 0 Å². The van der Waals surface area contributed by atoms with Gasteiger partial charge in [-0.15, -0.1) is 0 Å². The van der Waals surface area contributed by atoms with Gasteiger partial charge < -0.3 is 5.11 Å². The van der Waals surface area contributed by atoms with E-state index in [2.05, 4.69) is 6.92 Å². The molecule has 1 heteroatoms. The third-order valence-electron chi connectivity index (χ3n) is 2.61. The topological polar surface area (TPSA) is 20.2 Å². The summed E-state index contributed by atoms with van der Waals surface area (Å²) in [6.45, 7) is 4.30. The van der Waals surface area contributed by atoms with Crippen LogP contribution in [0.5, 0.6) is 0 Å². The van der Waals surface area contributed by atoms with E-state index in [0.717, 1.165) is 12.8 Å². The summed E-state index contributed by atoms with van der Waals surface area (Å²) < 4.78 is 0. The lowest BCUT2D eigenvalue weighted by atomic mass is 10.1. The van der Waals surface area contributed by atoms with Crippen molar-refractivity contribution >= 4 is 0 Å². The fourth-order valence-corrected chi connectivity index (χ4v) is 1.54. The molecule has 0 unspecified atom stereocenters. The van der Waals surface area contributed by atoms with Gasteiger partial charge in [0, 0.05) is 0 Å². The predicted octanol–water partition coefficient (Wildman–Crippen LogP) is 3.90. The molecule has 0 spiro atoms. The van der Waals surface area contributed by atoms with Crippen LogP contribution in [0.4, 0.5) is 0 Å². The van der Waals surface area contributed by atoms with Gasteiger partial charge >= 0.3 is 0 Å². The van der Waals surface area contributed by atoms with Gasteiger partial charge in [0.2, 0.25) is 0 Å². The van der Waals surface area contributed by atoms with Crippen molar-refractivity contribution in [1.82, 2.24) is 0 Å². The number of unbranched alkanes of at least 4 members (excludes halogenated alkanes) is 6. The summed E-state index contributed by atoms with van der Waals surface area (Å²) in [5.74, 6) is 0. The Hall–Kier alpha value is -0.0400. The first-order chi connectivity index (χ1) is 6.31. The second-order valence-electron chi connectivity index (χ2n) is 3.97. The summed E-state index contributed by atoms with van der Waals surface area (Å²) in [5, 5.41) is 9.30. The normalized spacial score (nSPS) is 13.2. The minimum absolute atomic E-state index is 0.0457. The molecule has 0 saturated carbocycles. The van der Waals surface area contributed by atoms with Gasteiger partial charge in [-0.1, -0.05) is 58.8 Å². The molecule has 0 aromatic heterocycles. The van der Waals surface area contributed by atoms with Crippen LogP contribution in [-0.2, 0) is 0 Å². The van der Waals surface area contributed by atoms with Gasteiger partial charge in [0.05, 0.1) is 6.10 Å². The SMILES string of the molecule is CCCCCCCCC[C@@H](O)CC. The lowest BCUT2D eigenvalue weighted by molar-refractivity contribution is 0.156. The van der Waals surface area contributed by atoms with Gasteiger partial charge in [0.25, 0.3) is 0 Å². The van der Waals surface area contributed by atoms with Crippen LogP contribution < -0.4 is 0 Å². The van der Waals surface area contributed by atoms with Crippen LogP contribution in [0.15, 0.2) is 0 Å². The van der Waals surface area contributed by atoms with Crippen molar-refractivity contribution in [2.75, 3.05) is 0 Å². The fourth-order valence-electron chi connectivity index (χ4n) is 1.54. The number of rotatable bonds is 9. The average molecular weight is 186 g/mol. The molecule has 0 heterocycles. The summed E-state index contributed by atoms with van der Waals surface area (Å²) in [5.41, 5.74) is 0. The third kappa shape index (κ3) is 9.88. The quantitative estimate of drug-likeness (QED) is 0.541. The molecule has 1 atom stereocenters. The minimum atomic E-state index is -0.0457. The molecule has 0 amide bonds. The van der Waals surface area contributed by atoms with Crippen LogP contribution in [0.1, 0.15) is 71.6 Å². The summed E-state index contributed by atoms with van der Waals surface area (Å²) in [6.07, 6.45) is 11.2. The van der Waals surface area contributed by atoms with E-state index < -0.39 is 0 Å². The molecule has 0 aliphatic heterocycles. The summed E-state index contributed by atoms with van der Waals surface area (Å²) in [6, 6.07) is 0. The molecule has 0 aromatic carbocycles. The molecule has 0 aliphatic carbocycles. The fraction of sp³-hybridized carbons (Fsp3) is 1.00. The van der Waals surface area contributed by atoms with Crippen molar-refractivity contribution in [3.05, 3.63) is 0 Å². The number of aliphatic hydroxyl groups is 1. The molecule has 0 bridgehead atoms. The highest BCUT2D eigenvalue weighted by atomic mass is 16.3. The van der Waals surface area contributed by atoms with E-state index >= 15 is 0 Å². The molecular weight excluding hydrogens is 160 g/mol. The van der Waals surface area contributed by atoms with Crippen LogP contribution in [0.25, 0.3) is 0 Å². The van der Waals surface area contributed by atoms with Gasteiger partial charge in [0.1, 0.15) is 0 Å². The maximum atomic E-state index is 9.30. The second kappa shape index (κ2) is 10.0. The van der Waals surface area contributed by atoms with Crippen LogP contribution in [-0.4, -0.2) is 11.2 Å². The molecule has 0 fully saturated rings. The van der Waals surface area contributed by atoms with Crippen molar-refractivity contribution < 1.29 is 5.11 Å². The number of aliphatic hydroxyl groups excluding tert-OH is 1. The van der Waals surface area contributed by atoms with Crippen molar-refractivity contribution in [2.24, 2.45) is 0 Å². The van der Waals surface area contributed by atoms with E-state index in [1.807, 2.05) is 6.92 Å². The zero-order chi connectivity index (χ0) is 9.94. The zero-order valence-corrected chi connectivity index (χ0v) is 9.39. The lowest BCUT2D eigenvalue weighted by Crippen LogP contribution is -2.03. The molecule has 80 valence electrons. The van der Waals surface area contributed by atoms with E-state index in [1.165, 1.54) is 44.9 Å². The van der Waals surface area contributed by atoms with Crippen molar-refractivity contribution in [2.45, 2.75) is 77.7 Å². The molecule has 0 aliphatic rings. The highest BCUT2D eigenvalue weighted by Gasteiger charge is 1.99. The Kier molecular flexibility index (Phi) is 10.0. The van der Waals surface area contributed by atoms with Gasteiger partial charge in [0.15, 0.2) is 0 Å². The maximum absolute atomic E-state index is 9.30. The van der Waals surface area contributed by atoms with E-state index in [0.29, 0.717) is 0 Å². The Bertz CT molecular complexity index is 91.1. The largest absolute Gasteiger partial charge is 0.393 e. The van der Waals surface area contributed by atoms with Gasteiger partial charge in [-0.25, -0.2) is 0 Å². The van der Waals surface area contributed by atoms with E-state index in [4.69, 9.17) is 0 Å². The number of hydrogen-bond donors (Lipinski definition) is 1. The molecule has 0 rings (SSSR count). The van der Waals surface area contributed by atoms with E-state index in [9.17, 15) is 5.11 Å². The summed E-state index contributed by atoms with van der Waals surface area (Å²) in [4.78, 5) is 0. The van der Waals surface area contributed by atoms with E-state index in [-0.39, 0.29) is 6.10 Å². The Balaban J connectivity index is 2.91. The molecule has 13 heavy (non-hydrogen) atoms.